The van der Waals surface area contributed by atoms with Gasteiger partial charge in [-0.25, -0.2) is 9.78 Å². The summed E-state index contributed by atoms with van der Waals surface area (Å²) >= 11 is 0. The summed E-state index contributed by atoms with van der Waals surface area (Å²) in [4.78, 5) is 26.2. The van der Waals surface area contributed by atoms with E-state index in [4.69, 9.17) is 4.42 Å². The summed E-state index contributed by atoms with van der Waals surface area (Å²) in [5.74, 6) is 0. The van der Waals surface area contributed by atoms with Crippen LogP contribution in [0.15, 0.2) is 52.1 Å². The third-order valence-corrected chi connectivity index (χ3v) is 5.55. The number of aryl methyl sites for hydroxylation is 1. The molecular formula is C22H23N5O2. The van der Waals surface area contributed by atoms with Crippen molar-refractivity contribution in [3.63, 3.8) is 0 Å². The lowest BCUT2D eigenvalue weighted by molar-refractivity contribution is 0.360. The van der Waals surface area contributed by atoms with Crippen molar-refractivity contribution in [2.24, 2.45) is 0 Å². The van der Waals surface area contributed by atoms with Crippen molar-refractivity contribution in [1.82, 2.24) is 19.3 Å². The summed E-state index contributed by atoms with van der Waals surface area (Å²) in [6, 6.07) is 7.97. The number of benzene rings is 1. The Morgan fingerprint density at radius 3 is 2.86 bits per heavy atom. The van der Waals surface area contributed by atoms with Crippen LogP contribution in [0, 0.1) is 6.92 Å². The molecule has 1 aliphatic rings. The summed E-state index contributed by atoms with van der Waals surface area (Å²) in [5.41, 5.74) is 3.97. The largest absolute Gasteiger partial charge is 0.422 e. The van der Waals surface area contributed by atoms with Gasteiger partial charge in [-0.05, 0) is 45.1 Å². The maximum atomic E-state index is 12.7. The molecule has 1 aliphatic heterocycles. The van der Waals surface area contributed by atoms with Crippen molar-refractivity contribution >= 4 is 22.3 Å². The number of hydrogen-bond donors (Lipinski definition) is 0. The highest BCUT2D eigenvalue weighted by Crippen LogP contribution is 2.25. The van der Waals surface area contributed by atoms with Gasteiger partial charge in [-0.15, -0.1) is 0 Å². The van der Waals surface area contributed by atoms with Gasteiger partial charge in [0.1, 0.15) is 5.58 Å². The Morgan fingerprint density at radius 2 is 1.97 bits per heavy atom. The molecule has 4 aromatic rings. The van der Waals surface area contributed by atoms with E-state index in [-0.39, 0.29) is 5.63 Å². The molecule has 1 aromatic carbocycles. The van der Waals surface area contributed by atoms with Crippen LogP contribution < -0.4 is 10.5 Å². The van der Waals surface area contributed by atoms with Gasteiger partial charge in [-0.2, -0.15) is 0 Å². The summed E-state index contributed by atoms with van der Waals surface area (Å²) < 4.78 is 7.57. The molecule has 7 nitrogen and oxygen atoms in total. The molecule has 0 unspecified atom stereocenters. The Hall–Kier alpha value is -3.19. The average molecular weight is 389 g/mol. The zero-order chi connectivity index (χ0) is 20.0. The van der Waals surface area contributed by atoms with Crippen LogP contribution in [0.4, 0.5) is 5.69 Å². The number of anilines is 1. The highest BCUT2D eigenvalue weighted by molar-refractivity contribution is 5.84. The van der Waals surface area contributed by atoms with E-state index in [0.29, 0.717) is 22.5 Å². The minimum Gasteiger partial charge on any atom is -0.422 e. The first-order valence-electron chi connectivity index (χ1n) is 9.90. The Bertz CT molecular complexity index is 1260. The number of likely N-dealkylation sites (N-methyl/N-ethyl adjacent to an activating group) is 1. The molecule has 0 atom stereocenters. The van der Waals surface area contributed by atoms with Crippen molar-refractivity contribution in [2.75, 3.05) is 38.1 Å². The van der Waals surface area contributed by atoms with Crippen molar-refractivity contribution in [3.8, 4) is 11.3 Å². The molecule has 0 spiro atoms. The Balaban J connectivity index is 1.53. The molecule has 0 bridgehead atoms. The molecular weight excluding hydrogens is 366 g/mol. The third kappa shape index (κ3) is 3.38. The summed E-state index contributed by atoms with van der Waals surface area (Å²) in [7, 11) is 2.15. The van der Waals surface area contributed by atoms with E-state index >= 15 is 0 Å². The molecule has 0 amide bonds. The topological polar surface area (TPSA) is 66.9 Å². The lowest BCUT2D eigenvalue weighted by Crippen LogP contribution is -2.28. The van der Waals surface area contributed by atoms with E-state index < -0.39 is 0 Å². The molecule has 0 saturated carbocycles. The van der Waals surface area contributed by atoms with Crippen LogP contribution in [0.2, 0.25) is 0 Å². The molecule has 5 rings (SSSR count). The maximum absolute atomic E-state index is 12.7. The van der Waals surface area contributed by atoms with Crippen LogP contribution in [-0.4, -0.2) is 52.5 Å². The fourth-order valence-electron chi connectivity index (χ4n) is 3.91. The molecule has 0 radical (unpaired) electrons. The van der Waals surface area contributed by atoms with E-state index in [0.717, 1.165) is 49.4 Å². The van der Waals surface area contributed by atoms with Crippen molar-refractivity contribution < 1.29 is 4.42 Å². The van der Waals surface area contributed by atoms with E-state index in [9.17, 15) is 4.79 Å². The van der Waals surface area contributed by atoms with Gasteiger partial charge in [0, 0.05) is 49.2 Å². The van der Waals surface area contributed by atoms with E-state index in [1.54, 1.807) is 6.20 Å². The summed E-state index contributed by atoms with van der Waals surface area (Å²) in [6.07, 6.45) is 6.55. The Kier molecular flexibility index (Phi) is 4.32. The van der Waals surface area contributed by atoms with Gasteiger partial charge in [0.25, 0.3) is 0 Å². The number of fused-ring (bicyclic) bond motifs is 2. The highest BCUT2D eigenvalue weighted by atomic mass is 16.4. The maximum Gasteiger partial charge on any atom is 0.345 e. The second-order valence-electron chi connectivity index (χ2n) is 7.73. The third-order valence-electron chi connectivity index (χ3n) is 5.55. The van der Waals surface area contributed by atoms with E-state index in [2.05, 4.69) is 32.9 Å². The molecule has 0 aliphatic carbocycles. The van der Waals surface area contributed by atoms with Gasteiger partial charge in [0.2, 0.25) is 0 Å². The van der Waals surface area contributed by atoms with Crippen LogP contribution in [0.25, 0.3) is 27.9 Å². The number of imidazole rings is 1. The molecule has 3 aromatic heterocycles. The van der Waals surface area contributed by atoms with Gasteiger partial charge in [0.05, 0.1) is 23.1 Å². The quantitative estimate of drug-likeness (QED) is 0.491. The number of nitrogens with zero attached hydrogens (tertiary/aromatic N) is 5. The zero-order valence-electron chi connectivity index (χ0n) is 16.6. The fraction of sp³-hybridized carbons (Fsp3) is 0.318. The van der Waals surface area contributed by atoms with Gasteiger partial charge in [-0.3, -0.25) is 4.98 Å². The predicted octanol–water partition coefficient (Wildman–Crippen LogP) is 2.95. The van der Waals surface area contributed by atoms with Crippen molar-refractivity contribution in [1.29, 1.82) is 0 Å². The summed E-state index contributed by atoms with van der Waals surface area (Å²) in [6.45, 7) is 6.04. The van der Waals surface area contributed by atoms with Crippen LogP contribution in [0.5, 0.6) is 0 Å². The minimum absolute atomic E-state index is 0.377. The van der Waals surface area contributed by atoms with E-state index in [1.807, 2.05) is 41.9 Å². The number of hydrogen-bond acceptors (Lipinski definition) is 6. The average Bonchev–Trinajstić information content (AvgIpc) is 2.99. The molecule has 0 N–H and O–H groups in total. The molecule has 29 heavy (non-hydrogen) atoms. The first-order chi connectivity index (χ1) is 14.1. The van der Waals surface area contributed by atoms with Gasteiger partial charge >= 0.3 is 5.63 Å². The molecule has 7 heteroatoms. The first-order valence-corrected chi connectivity index (χ1v) is 9.90. The first kappa shape index (κ1) is 17.9. The van der Waals surface area contributed by atoms with Crippen LogP contribution >= 0.6 is 0 Å². The fourth-order valence-corrected chi connectivity index (χ4v) is 3.91. The van der Waals surface area contributed by atoms with Gasteiger partial charge in [0.15, 0.2) is 5.65 Å². The van der Waals surface area contributed by atoms with Crippen LogP contribution in [0.1, 0.15) is 12.1 Å². The Morgan fingerprint density at radius 1 is 1.07 bits per heavy atom. The number of rotatable bonds is 2. The minimum atomic E-state index is -0.377. The standard InChI is InChI=1S/C22H23N5O2/c1-15-13-27-14-19(24-21(27)12-23-15)18-10-16-4-5-17(11-20(16)29-22(18)28)26-7-3-6-25(2)8-9-26/h4-5,10-14H,3,6-9H2,1-2H3. The van der Waals surface area contributed by atoms with Crippen molar-refractivity contribution in [2.45, 2.75) is 13.3 Å². The molecule has 148 valence electrons. The second-order valence-corrected chi connectivity index (χ2v) is 7.73. The molecule has 1 fully saturated rings. The second kappa shape index (κ2) is 7.00. The lowest BCUT2D eigenvalue weighted by atomic mass is 10.1. The lowest BCUT2D eigenvalue weighted by Gasteiger charge is -2.22. The van der Waals surface area contributed by atoms with Gasteiger partial charge in [-0.1, -0.05) is 0 Å². The van der Waals surface area contributed by atoms with Crippen molar-refractivity contribution in [3.05, 3.63) is 59.0 Å². The smallest absolute Gasteiger partial charge is 0.345 e. The highest BCUT2D eigenvalue weighted by Gasteiger charge is 2.15. The molecule has 4 heterocycles. The predicted molar refractivity (Wildman–Crippen MR) is 114 cm³/mol. The monoisotopic (exact) mass is 389 g/mol. The van der Waals surface area contributed by atoms with Gasteiger partial charge < -0.3 is 18.6 Å². The molecule has 1 saturated heterocycles. The Labute approximate surface area is 168 Å². The zero-order valence-corrected chi connectivity index (χ0v) is 16.6. The summed E-state index contributed by atoms with van der Waals surface area (Å²) in [5, 5.41) is 0.890. The van der Waals surface area contributed by atoms with Crippen LogP contribution in [-0.2, 0) is 0 Å². The number of aromatic nitrogens is 3. The SMILES string of the molecule is Cc1cn2cc(-c3cc4ccc(N5CCCN(C)CC5)cc4oc3=O)nc2cn1. The van der Waals surface area contributed by atoms with E-state index in [1.165, 1.54) is 0 Å². The normalized spacial score (nSPS) is 15.9. The van der Waals surface area contributed by atoms with Crippen LogP contribution in [0.3, 0.4) is 0 Å².